The van der Waals surface area contributed by atoms with Crippen LogP contribution in [0.1, 0.15) is 25.3 Å². The highest BCUT2D eigenvalue weighted by molar-refractivity contribution is 5.27. The molecule has 0 saturated heterocycles. The molecule has 17 heavy (non-hydrogen) atoms. The lowest BCUT2D eigenvalue weighted by Gasteiger charge is -2.12. The number of benzene rings is 1. The molecule has 0 aromatic heterocycles. The minimum atomic E-state index is -4.62. The van der Waals surface area contributed by atoms with E-state index in [9.17, 15) is 13.2 Å². The molecule has 1 aromatic rings. The van der Waals surface area contributed by atoms with Gasteiger partial charge in [-0.25, -0.2) is 0 Å². The van der Waals surface area contributed by atoms with Crippen LogP contribution in [0.25, 0.3) is 0 Å². The number of nitrogens with one attached hydrogen (secondary N) is 1. The predicted octanol–water partition coefficient (Wildman–Crippen LogP) is 3.23. The van der Waals surface area contributed by atoms with E-state index in [-0.39, 0.29) is 11.3 Å². The lowest BCUT2D eigenvalue weighted by atomic mass is 10.2. The summed E-state index contributed by atoms with van der Waals surface area (Å²) in [4.78, 5) is 0. The van der Waals surface area contributed by atoms with Crippen molar-refractivity contribution in [2.45, 2.75) is 38.2 Å². The molecule has 0 atom stereocenters. The fourth-order valence-corrected chi connectivity index (χ4v) is 1.49. The van der Waals surface area contributed by atoms with E-state index in [0.29, 0.717) is 6.54 Å². The first-order chi connectivity index (χ1) is 7.86. The van der Waals surface area contributed by atoms with E-state index in [0.717, 1.165) is 18.4 Å². The first-order valence-corrected chi connectivity index (χ1v) is 5.46. The van der Waals surface area contributed by atoms with Crippen molar-refractivity contribution in [2.75, 3.05) is 0 Å². The Morgan fingerprint density at radius 2 is 1.82 bits per heavy atom. The minimum Gasteiger partial charge on any atom is -0.406 e. The van der Waals surface area contributed by atoms with Crippen LogP contribution in [0.15, 0.2) is 24.3 Å². The zero-order valence-electron chi connectivity index (χ0n) is 9.47. The van der Waals surface area contributed by atoms with Gasteiger partial charge in [-0.15, -0.1) is 13.2 Å². The molecule has 1 saturated carbocycles. The molecule has 0 bridgehead atoms. The Kier molecular flexibility index (Phi) is 3.03. The molecule has 0 spiro atoms. The molecule has 0 amide bonds. The van der Waals surface area contributed by atoms with Crippen LogP contribution in [0.5, 0.6) is 5.75 Å². The van der Waals surface area contributed by atoms with E-state index in [1.54, 1.807) is 12.1 Å². The largest absolute Gasteiger partial charge is 0.573 e. The Morgan fingerprint density at radius 1 is 1.24 bits per heavy atom. The molecular formula is C12H14F3NO. The number of alkyl halides is 3. The predicted molar refractivity (Wildman–Crippen MR) is 57.6 cm³/mol. The number of ether oxygens (including phenoxy) is 1. The third-order valence-corrected chi connectivity index (χ3v) is 2.88. The Labute approximate surface area is 97.8 Å². The summed E-state index contributed by atoms with van der Waals surface area (Å²) in [5.74, 6) is -0.182. The summed E-state index contributed by atoms with van der Waals surface area (Å²) in [7, 11) is 0. The SMILES string of the molecule is CC1(NCc2ccc(OC(F)(F)F)cc2)CC1. The van der Waals surface area contributed by atoms with Crippen LogP contribution < -0.4 is 10.1 Å². The average molecular weight is 245 g/mol. The molecule has 1 aliphatic carbocycles. The highest BCUT2D eigenvalue weighted by Gasteiger charge is 2.36. The third-order valence-electron chi connectivity index (χ3n) is 2.88. The van der Waals surface area contributed by atoms with Crippen molar-refractivity contribution in [1.29, 1.82) is 0 Å². The maximum Gasteiger partial charge on any atom is 0.573 e. The monoisotopic (exact) mass is 245 g/mol. The van der Waals surface area contributed by atoms with Gasteiger partial charge in [-0.3, -0.25) is 0 Å². The Hall–Kier alpha value is -1.23. The van der Waals surface area contributed by atoms with Gasteiger partial charge < -0.3 is 10.1 Å². The second-order valence-electron chi connectivity index (χ2n) is 4.61. The van der Waals surface area contributed by atoms with Gasteiger partial charge in [0.2, 0.25) is 0 Å². The van der Waals surface area contributed by atoms with Crippen LogP contribution in [0.4, 0.5) is 13.2 Å². The molecule has 2 nitrogen and oxygen atoms in total. The van der Waals surface area contributed by atoms with Crippen LogP contribution >= 0.6 is 0 Å². The van der Waals surface area contributed by atoms with Crippen molar-refractivity contribution in [3.05, 3.63) is 29.8 Å². The maximum absolute atomic E-state index is 11.9. The van der Waals surface area contributed by atoms with Crippen LogP contribution in [-0.4, -0.2) is 11.9 Å². The second-order valence-corrected chi connectivity index (χ2v) is 4.61. The van der Waals surface area contributed by atoms with Gasteiger partial charge in [-0.1, -0.05) is 12.1 Å². The highest BCUT2D eigenvalue weighted by Crippen LogP contribution is 2.34. The fraction of sp³-hybridized carbons (Fsp3) is 0.500. The van der Waals surface area contributed by atoms with Crippen molar-refractivity contribution in [3.8, 4) is 5.75 Å². The Morgan fingerprint density at radius 3 is 2.29 bits per heavy atom. The quantitative estimate of drug-likeness (QED) is 0.879. The zero-order valence-corrected chi connectivity index (χ0v) is 9.47. The summed E-state index contributed by atoms with van der Waals surface area (Å²) in [6, 6.07) is 5.94. The van der Waals surface area contributed by atoms with Gasteiger partial charge in [0, 0.05) is 12.1 Å². The molecule has 2 rings (SSSR count). The van der Waals surface area contributed by atoms with Crippen LogP contribution in [0, 0.1) is 0 Å². The summed E-state index contributed by atoms with van der Waals surface area (Å²) >= 11 is 0. The van der Waals surface area contributed by atoms with E-state index >= 15 is 0 Å². The molecule has 94 valence electrons. The van der Waals surface area contributed by atoms with Gasteiger partial charge in [-0.2, -0.15) is 0 Å². The molecule has 0 radical (unpaired) electrons. The normalized spacial score (nSPS) is 17.9. The molecule has 1 N–H and O–H groups in total. The number of hydrogen-bond acceptors (Lipinski definition) is 2. The summed E-state index contributed by atoms with van der Waals surface area (Å²) in [6.45, 7) is 2.80. The van der Waals surface area contributed by atoms with Gasteiger partial charge in [0.15, 0.2) is 0 Å². The molecule has 5 heteroatoms. The molecule has 0 heterocycles. The van der Waals surface area contributed by atoms with Gasteiger partial charge in [0.05, 0.1) is 0 Å². The molecule has 1 aromatic carbocycles. The average Bonchev–Trinajstić information content (AvgIpc) is 2.94. The van der Waals surface area contributed by atoms with E-state index in [1.165, 1.54) is 12.1 Å². The van der Waals surface area contributed by atoms with Gasteiger partial charge in [0.25, 0.3) is 0 Å². The topological polar surface area (TPSA) is 21.3 Å². The zero-order chi connectivity index (χ0) is 12.5. The van der Waals surface area contributed by atoms with E-state index in [2.05, 4.69) is 17.0 Å². The summed E-state index contributed by atoms with van der Waals surface area (Å²) in [6.07, 6.45) is -2.31. The molecule has 0 aliphatic heterocycles. The molecule has 1 fully saturated rings. The van der Waals surface area contributed by atoms with Crippen LogP contribution in [0.3, 0.4) is 0 Å². The van der Waals surface area contributed by atoms with Gasteiger partial charge >= 0.3 is 6.36 Å². The van der Waals surface area contributed by atoms with Crippen LogP contribution in [-0.2, 0) is 6.54 Å². The smallest absolute Gasteiger partial charge is 0.406 e. The van der Waals surface area contributed by atoms with E-state index in [1.807, 2.05) is 0 Å². The lowest BCUT2D eigenvalue weighted by Crippen LogP contribution is -2.26. The summed E-state index contributed by atoms with van der Waals surface area (Å²) < 4.78 is 39.6. The lowest BCUT2D eigenvalue weighted by molar-refractivity contribution is -0.274. The highest BCUT2D eigenvalue weighted by atomic mass is 19.4. The number of rotatable bonds is 4. The van der Waals surface area contributed by atoms with E-state index < -0.39 is 6.36 Å². The standard InChI is InChI=1S/C12H14F3NO/c1-11(6-7-11)16-8-9-2-4-10(5-3-9)17-12(13,14)15/h2-5,16H,6-8H2,1H3. The van der Waals surface area contributed by atoms with Crippen molar-refractivity contribution < 1.29 is 17.9 Å². The Bertz CT molecular complexity index is 382. The molecule has 0 unspecified atom stereocenters. The second kappa shape index (κ2) is 4.22. The van der Waals surface area contributed by atoms with Gasteiger partial charge in [0.1, 0.15) is 5.75 Å². The van der Waals surface area contributed by atoms with Crippen molar-refractivity contribution in [2.24, 2.45) is 0 Å². The molecular weight excluding hydrogens is 231 g/mol. The molecule has 1 aliphatic rings. The summed E-state index contributed by atoms with van der Waals surface area (Å²) in [5.41, 5.74) is 1.17. The van der Waals surface area contributed by atoms with Crippen LogP contribution in [0.2, 0.25) is 0 Å². The first-order valence-electron chi connectivity index (χ1n) is 5.46. The summed E-state index contributed by atoms with van der Waals surface area (Å²) in [5, 5.41) is 3.35. The fourth-order valence-electron chi connectivity index (χ4n) is 1.49. The third kappa shape index (κ3) is 3.93. The van der Waals surface area contributed by atoms with Crippen molar-refractivity contribution in [1.82, 2.24) is 5.32 Å². The maximum atomic E-state index is 11.9. The van der Waals surface area contributed by atoms with E-state index in [4.69, 9.17) is 0 Å². The van der Waals surface area contributed by atoms with Gasteiger partial charge in [-0.05, 0) is 37.5 Å². The first kappa shape index (κ1) is 12.2. The minimum absolute atomic E-state index is 0.182. The number of hydrogen-bond donors (Lipinski definition) is 1. The number of halogens is 3. The van der Waals surface area contributed by atoms with Crippen molar-refractivity contribution in [3.63, 3.8) is 0 Å². The van der Waals surface area contributed by atoms with Crippen molar-refractivity contribution >= 4 is 0 Å². The Balaban J connectivity index is 1.89.